The molecule has 1 aliphatic rings. The highest BCUT2D eigenvalue weighted by Crippen LogP contribution is 2.27. The van der Waals surface area contributed by atoms with Gasteiger partial charge in [-0.15, -0.1) is 0 Å². The van der Waals surface area contributed by atoms with E-state index >= 15 is 0 Å². The van der Waals surface area contributed by atoms with Crippen LogP contribution in [0.3, 0.4) is 0 Å². The maximum Gasteiger partial charge on any atom is 0.320 e. The molecule has 0 bridgehead atoms. The van der Waals surface area contributed by atoms with Crippen LogP contribution < -0.4 is 0 Å². The van der Waals surface area contributed by atoms with Gasteiger partial charge in [-0.05, 0) is 18.2 Å². The predicted molar refractivity (Wildman–Crippen MR) is 57.7 cm³/mol. The average molecular weight is 235 g/mol. The topological polar surface area (TPSA) is 89.7 Å². The van der Waals surface area contributed by atoms with Crippen LogP contribution in [0.5, 0.6) is 0 Å². The third-order valence-corrected chi connectivity index (χ3v) is 2.43. The zero-order valence-electron chi connectivity index (χ0n) is 8.70. The summed E-state index contributed by atoms with van der Waals surface area (Å²) in [7, 11) is 0. The molecule has 88 valence electrons. The van der Waals surface area contributed by atoms with Gasteiger partial charge in [0.2, 0.25) is 0 Å². The third kappa shape index (κ3) is 2.16. The normalized spacial score (nSPS) is 18.8. The molecule has 0 aromatic heterocycles. The van der Waals surface area contributed by atoms with Crippen LogP contribution in [0.4, 0.5) is 5.69 Å². The van der Waals surface area contributed by atoms with Crippen molar-refractivity contribution in [1.82, 2.24) is 0 Å². The third-order valence-electron chi connectivity index (χ3n) is 2.43. The van der Waals surface area contributed by atoms with Crippen LogP contribution in [0.2, 0.25) is 0 Å². The van der Waals surface area contributed by atoms with Gasteiger partial charge < -0.3 is 9.84 Å². The minimum absolute atomic E-state index is 0.0302. The molecule has 0 spiro atoms. The van der Waals surface area contributed by atoms with E-state index in [9.17, 15) is 14.9 Å². The Hall–Kier alpha value is -2.21. The number of cyclic esters (lactones) is 1. The Morgan fingerprint density at radius 2 is 2.00 bits per heavy atom. The molecule has 1 N–H and O–H groups in total. The number of aliphatic hydroxyl groups is 1. The summed E-state index contributed by atoms with van der Waals surface area (Å²) in [6.45, 7) is -0.310. The fourth-order valence-electron chi connectivity index (χ4n) is 1.50. The number of nitro benzene ring substituents is 1. The second-order valence-electron chi connectivity index (χ2n) is 3.55. The van der Waals surface area contributed by atoms with Crippen LogP contribution >= 0.6 is 0 Å². The molecule has 0 aliphatic carbocycles. The van der Waals surface area contributed by atoms with E-state index in [2.05, 4.69) is 0 Å². The predicted octanol–water partition coefficient (Wildman–Crippen LogP) is 1.10. The molecule has 6 nitrogen and oxygen atoms in total. The molecule has 1 aliphatic heterocycles. The lowest BCUT2D eigenvalue weighted by Gasteiger charge is -2.01. The lowest BCUT2D eigenvalue weighted by molar-refractivity contribution is -0.384. The van der Waals surface area contributed by atoms with Gasteiger partial charge in [0.05, 0.1) is 11.5 Å². The van der Waals surface area contributed by atoms with Gasteiger partial charge >= 0.3 is 5.97 Å². The molecule has 1 heterocycles. The highest BCUT2D eigenvalue weighted by atomic mass is 16.6. The fraction of sp³-hybridized carbons (Fsp3) is 0.182. The summed E-state index contributed by atoms with van der Waals surface area (Å²) in [5.74, 6) is -0.843. The van der Waals surface area contributed by atoms with Crippen LogP contribution in [0.1, 0.15) is 5.56 Å². The number of rotatable bonds is 3. The van der Waals surface area contributed by atoms with E-state index < -0.39 is 16.8 Å². The lowest BCUT2D eigenvalue weighted by Crippen LogP contribution is -2.11. The first-order valence-corrected chi connectivity index (χ1v) is 4.91. The van der Waals surface area contributed by atoms with Crippen molar-refractivity contribution in [1.29, 1.82) is 0 Å². The fourth-order valence-corrected chi connectivity index (χ4v) is 1.50. The number of carbonyl (C=O) groups is 1. The summed E-state index contributed by atoms with van der Waals surface area (Å²) in [6, 6.07) is 5.65. The number of benzene rings is 1. The molecule has 1 unspecified atom stereocenters. The summed E-state index contributed by atoms with van der Waals surface area (Å²) < 4.78 is 4.94. The Kier molecular flexibility index (Phi) is 2.88. The molecule has 1 atom stereocenters. The Bertz CT molecular complexity index is 491. The molecular formula is C11H9NO5. The number of non-ortho nitro benzene ring substituents is 1. The van der Waals surface area contributed by atoms with Crippen molar-refractivity contribution in [2.45, 2.75) is 0 Å². The Morgan fingerprint density at radius 1 is 1.35 bits per heavy atom. The monoisotopic (exact) mass is 235 g/mol. The number of nitrogens with zero attached hydrogens (tertiary/aromatic N) is 1. The molecule has 6 heteroatoms. The van der Waals surface area contributed by atoms with Crippen molar-refractivity contribution in [3.63, 3.8) is 0 Å². The molecule has 17 heavy (non-hydrogen) atoms. The Morgan fingerprint density at radius 3 is 2.47 bits per heavy atom. The number of esters is 1. The van der Waals surface area contributed by atoms with Crippen LogP contribution in [0.15, 0.2) is 30.3 Å². The molecule has 0 amide bonds. The minimum atomic E-state index is -0.653. The first kappa shape index (κ1) is 11.3. The summed E-state index contributed by atoms with van der Waals surface area (Å²) in [5, 5.41) is 19.3. The van der Waals surface area contributed by atoms with Gasteiger partial charge in [-0.1, -0.05) is 0 Å². The van der Waals surface area contributed by atoms with Gasteiger partial charge in [-0.3, -0.25) is 14.9 Å². The smallest absolute Gasteiger partial charge is 0.320 e. The van der Waals surface area contributed by atoms with Crippen molar-refractivity contribution in [3.05, 3.63) is 46.0 Å². The minimum Gasteiger partial charge on any atom is -0.426 e. The second kappa shape index (κ2) is 4.34. The van der Waals surface area contributed by atoms with Crippen LogP contribution in [0, 0.1) is 16.0 Å². The number of nitro groups is 1. The highest BCUT2D eigenvalue weighted by molar-refractivity contribution is 5.87. The largest absolute Gasteiger partial charge is 0.426 e. The van der Waals surface area contributed by atoms with E-state index in [1.165, 1.54) is 30.3 Å². The number of aliphatic hydroxyl groups excluding tert-OH is 1. The zero-order valence-corrected chi connectivity index (χ0v) is 8.70. The van der Waals surface area contributed by atoms with Gasteiger partial charge in [-0.25, -0.2) is 0 Å². The number of carbonyl (C=O) groups excluding carboxylic acids is 1. The molecular weight excluding hydrogens is 226 g/mol. The van der Waals surface area contributed by atoms with Gasteiger partial charge in [0.15, 0.2) is 0 Å². The van der Waals surface area contributed by atoms with E-state index in [0.29, 0.717) is 11.3 Å². The SMILES string of the molecule is O=C1OC(c2ccc([N+](=O)[O-])cc2)=CC1CO. The van der Waals surface area contributed by atoms with Crippen molar-refractivity contribution < 1.29 is 19.6 Å². The summed E-state index contributed by atoms with van der Waals surface area (Å²) in [6.07, 6.45) is 1.50. The van der Waals surface area contributed by atoms with Crippen molar-refractivity contribution in [3.8, 4) is 0 Å². The molecule has 1 aromatic rings. The van der Waals surface area contributed by atoms with E-state index in [-0.39, 0.29) is 12.3 Å². The van der Waals surface area contributed by atoms with Crippen LogP contribution in [-0.2, 0) is 9.53 Å². The maximum absolute atomic E-state index is 11.2. The number of hydrogen-bond donors (Lipinski definition) is 1. The molecule has 0 fully saturated rings. The molecule has 2 rings (SSSR count). The van der Waals surface area contributed by atoms with Crippen molar-refractivity contribution in [2.75, 3.05) is 6.61 Å². The molecule has 0 saturated heterocycles. The van der Waals surface area contributed by atoms with Gasteiger partial charge in [0, 0.05) is 17.7 Å². The van der Waals surface area contributed by atoms with Gasteiger partial charge in [0.25, 0.3) is 5.69 Å². The Balaban J connectivity index is 2.24. The van der Waals surface area contributed by atoms with Crippen molar-refractivity contribution in [2.24, 2.45) is 5.92 Å². The summed E-state index contributed by atoms with van der Waals surface area (Å²) in [5.41, 5.74) is 0.539. The highest BCUT2D eigenvalue weighted by Gasteiger charge is 2.27. The number of hydrogen-bond acceptors (Lipinski definition) is 5. The van der Waals surface area contributed by atoms with E-state index in [4.69, 9.17) is 9.84 Å². The summed E-state index contributed by atoms with van der Waals surface area (Å²) in [4.78, 5) is 21.2. The Labute approximate surface area is 96.3 Å². The summed E-state index contributed by atoms with van der Waals surface area (Å²) >= 11 is 0. The van der Waals surface area contributed by atoms with Crippen LogP contribution in [0.25, 0.3) is 5.76 Å². The molecule has 0 saturated carbocycles. The zero-order chi connectivity index (χ0) is 12.4. The van der Waals surface area contributed by atoms with E-state index in [0.717, 1.165) is 0 Å². The first-order chi connectivity index (χ1) is 8.11. The standard InChI is InChI=1S/C11H9NO5/c13-6-8-5-10(17-11(8)14)7-1-3-9(4-2-7)12(15)16/h1-5,8,13H,6H2. The van der Waals surface area contributed by atoms with E-state index in [1.807, 2.05) is 0 Å². The van der Waals surface area contributed by atoms with Crippen molar-refractivity contribution >= 4 is 17.4 Å². The molecule has 1 aromatic carbocycles. The number of ether oxygens (including phenoxy) is 1. The van der Waals surface area contributed by atoms with E-state index in [1.54, 1.807) is 0 Å². The van der Waals surface area contributed by atoms with Gasteiger partial charge in [0.1, 0.15) is 11.7 Å². The van der Waals surface area contributed by atoms with Crippen LogP contribution in [-0.4, -0.2) is 22.6 Å². The van der Waals surface area contributed by atoms with Gasteiger partial charge in [-0.2, -0.15) is 0 Å². The second-order valence-corrected chi connectivity index (χ2v) is 3.55. The lowest BCUT2D eigenvalue weighted by atomic mass is 10.1. The molecule has 0 radical (unpaired) electrons. The first-order valence-electron chi connectivity index (χ1n) is 4.91. The quantitative estimate of drug-likeness (QED) is 0.481. The maximum atomic E-state index is 11.2. The average Bonchev–Trinajstić information content (AvgIpc) is 2.70.